The highest BCUT2D eigenvalue weighted by Gasteiger charge is 2.22. The Morgan fingerprint density at radius 3 is 2.83 bits per heavy atom. The van der Waals surface area contributed by atoms with E-state index < -0.39 is 0 Å². The van der Waals surface area contributed by atoms with Crippen molar-refractivity contribution in [3.63, 3.8) is 0 Å². The molecule has 4 heteroatoms. The summed E-state index contributed by atoms with van der Waals surface area (Å²) in [6.07, 6.45) is 4.64. The van der Waals surface area contributed by atoms with Gasteiger partial charge in [-0.2, -0.15) is 0 Å². The highest BCUT2D eigenvalue weighted by Crippen LogP contribution is 2.13. The smallest absolute Gasteiger partial charge is 0.317 e. The second-order valence-electron chi connectivity index (χ2n) is 5.54. The molecule has 0 aromatic carbocycles. The minimum absolute atomic E-state index is 0.101. The number of nitrogens with zero attached hydrogens (tertiary/aromatic N) is 1. The molecule has 106 valence electrons. The van der Waals surface area contributed by atoms with Gasteiger partial charge in [0.2, 0.25) is 0 Å². The number of carbonyl (C=O) groups is 1. The summed E-state index contributed by atoms with van der Waals surface area (Å²) >= 11 is 0. The third-order valence-electron chi connectivity index (χ3n) is 3.54. The fraction of sp³-hybridized carbons (Fsp3) is 0.929. The number of hydrogen-bond acceptors (Lipinski definition) is 2. The van der Waals surface area contributed by atoms with E-state index in [0.29, 0.717) is 5.92 Å². The molecule has 1 aliphatic heterocycles. The van der Waals surface area contributed by atoms with Gasteiger partial charge in [-0.15, -0.1) is 0 Å². The van der Waals surface area contributed by atoms with E-state index in [1.54, 1.807) is 0 Å². The number of carbonyl (C=O) groups excluding carboxylic acids is 1. The quantitative estimate of drug-likeness (QED) is 0.715. The van der Waals surface area contributed by atoms with Crippen LogP contribution in [-0.4, -0.2) is 43.2 Å². The summed E-state index contributed by atoms with van der Waals surface area (Å²) in [5.74, 6) is 0.609. The molecule has 4 nitrogen and oxygen atoms in total. The van der Waals surface area contributed by atoms with Crippen LogP contribution in [0.2, 0.25) is 0 Å². The van der Waals surface area contributed by atoms with Crippen molar-refractivity contribution >= 4 is 6.03 Å². The van der Waals surface area contributed by atoms with Gasteiger partial charge in [-0.1, -0.05) is 13.3 Å². The van der Waals surface area contributed by atoms with E-state index >= 15 is 0 Å². The Hall–Kier alpha value is -0.770. The van der Waals surface area contributed by atoms with E-state index in [-0.39, 0.29) is 12.1 Å². The first-order valence-corrected chi connectivity index (χ1v) is 7.40. The average Bonchev–Trinajstić information content (AvgIpc) is 2.37. The molecule has 1 aliphatic rings. The molecule has 2 amide bonds. The predicted molar refractivity (Wildman–Crippen MR) is 75.7 cm³/mol. The number of unbranched alkanes of at least 4 members (excludes halogenated alkanes) is 1. The van der Waals surface area contributed by atoms with Crippen molar-refractivity contribution in [2.75, 3.05) is 26.2 Å². The van der Waals surface area contributed by atoms with Crippen LogP contribution in [-0.2, 0) is 0 Å². The molecule has 0 spiro atoms. The van der Waals surface area contributed by atoms with Crippen LogP contribution >= 0.6 is 0 Å². The summed E-state index contributed by atoms with van der Waals surface area (Å²) in [5, 5.41) is 6.43. The van der Waals surface area contributed by atoms with Crippen molar-refractivity contribution in [3.8, 4) is 0 Å². The molecule has 1 atom stereocenters. The average molecular weight is 255 g/mol. The van der Waals surface area contributed by atoms with Crippen molar-refractivity contribution in [1.82, 2.24) is 15.5 Å². The highest BCUT2D eigenvalue weighted by atomic mass is 16.2. The number of amides is 2. The standard InChI is InChI=1S/C14H29N3O/c1-4-5-9-16-14(18)17(12(2)3)11-13-7-6-8-15-10-13/h12-13,15H,4-11H2,1-3H3,(H,16,18). The number of piperidine rings is 1. The van der Waals surface area contributed by atoms with E-state index in [1.807, 2.05) is 4.90 Å². The van der Waals surface area contributed by atoms with Crippen molar-refractivity contribution in [3.05, 3.63) is 0 Å². The summed E-state index contributed by atoms with van der Waals surface area (Å²) in [4.78, 5) is 14.1. The fourth-order valence-corrected chi connectivity index (χ4v) is 2.36. The van der Waals surface area contributed by atoms with E-state index in [9.17, 15) is 4.79 Å². The minimum Gasteiger partial charge on any atom is -0.338 e. The number of hydrogen-bond donors (Lipinski definition) is 2. The topological polar surface area (TPSA) is 44.4 Å². The Morgan fingerprint density at radius 2 is 2.28 bits per heavy atom. The van der Waals surface area contributed by atoms with Crippen molar-refractivity contribution in [2.24, 2.45) is 5.92 Å². The maximum Gasteiger partial charge on any atom is 0.317 e. The number of urea groups is 1. The Balaban J connectivity index is 2.39. The molecule has 0 saturated carbocycles. The van der Waals surface area contributed by atoms with Crippen LogP contribution in [0.5, 0.6) is 0 Å². The SMILES string of the molecule is CCCCNC(=O)N(CC1CCCNC1)C(C)C. The molecule has 1 heterocycles. The third kappa shape index (κ3) is 5.25. The first kappa shape index (κ1) is 15.3. The fourth-order valence-electron chi connectivity index (χ4n) is 2.36. The molecule has 0 bridgehead atoms. The van der Waals surface area contributed by atoms with Crippen LogP contribution in [0.15, 0.2) is 0 Å². The molecule has 0 aliphatic carbocycles. The van der Waals surface area contributed by atoms with Gasteiger partial charge >= 0.3 is 6.03 Å². The lowest BCUT2D eigenvalue weighted by atomic mass is 9.99. The Kier molecular flexibility index (Phi) is 7.09. The molecular formula is C14H29N3O. The molecule has 0 aromatic rings. The van der Waals surface area contributed by atoms with E-state index in [4.69, 9.17) is 0 Å². The van der Waals surface area contributed by atoms with Gasteiger partial charge in [0.25, 0.3) is 0 Å². The summed E-state index contributed by atoms with van der Waals surface area (Å²) in [7, 11) is 0. The van der Waals surface area contributed by atoms with Crippen LogP contribution < -0.4 is 10.6 Å². The Morgan fingerprint density at radius 1 is 1.50 bits per heavy atom. The first-order chi connectivity index (χ1) is 8.65. The lowest BCUT2D eigenvalue weighted by Gasteiger charge is -2.33. The predicted octanol–water partition coefficient (Wildman–Crippen LogP) is 2.21. The Bertz CT molecular complexity index is 237. The Labute approximate surface area is 111 Å². The summed E-state index contributed by atoms with van der Waals surface area (Å²) in [5.41, 5.74) is 0. The van der Waals surface area contributed by atoms with Crippen LogP contribution in [0.4, 0.5) is 4.79 Å². The molecule has 1 saturated heterocycles. The molecule has 0 radical (unpaired) electrons. The molecule has 1 rings (SSSR count). The van der Waals surface area contributed by atoms with Gasteiger partial charge in [0, 0.05) is 19.1 Å². The van der Waals surface area contributed by atoms with Gasteiger partial charge in [-0.05, 0) is 52.1 Å². The first-order valence-electron chi connectivity index (χ1n) is 7.40. The van der Waals surface area contributed by atoms with Crippen molar-refractivity contribution in [2.45, 2.75) is 52.5 Å². The van der Waals surface area contributed by atoms with E-state index in [0.717, 1.165) is 39.0 Å². The lowest BCUT2D eigenvalue weighted by molar-refractivity contribution is 0.164. The lowest BCUT2D eigenvalue weighted by Crippen LogP contribution is -2.48. The monoisotopic (exact) mass is 255 g/mol. The van der Waals surface area contributed by atoms with Gasteiger partial charge in [0.05, 0.1) is 0 Å². The zero-order valence-corrected chi connectivity index (χ0v) is 12.2. The normalized spacial score (nSPS) is 19.9. The van der Waals surface area contributed by atoms with Crippen LogP contribution in [0.25, 0.3) is 0 Å². The minimum atomic E-state index is 0.101. The van der Waals surface area contributed by atoms with Crippen molar-refractivity contribution < 1.29 is 4.79 Å². The number of nitrogens with one attached hydrogen (secondary N) is 2. The molecule has 18 heavy (non-hydrogen) atoms. The molecule has 2 N–H and O–H groups in total. The zero-order chi connectivity index (χ0) is 13.4. The van der Waals surface area contributed by atoms with Gasteiger partial charge in [0.1, 0.15) is 0 Å². The zero-order valence-electron chi connectivity index (χ0n) is 12.2. The maximum absolute atomic E-state index is 12.1. The molecule has 1 fully saturated rings. The van der Waals surface area contributed by atoms with Crippen LogP contribution in [0.3, 0.4) is 0 Å². The van der Waals surface area contributed by atoms with Gasteiger partial charge < -0.3 is 15.5 Å². The second kappa shape index (κ2) is 8.35. The van der Waals surface area contributed by atoms with Gasteiger partial charge in [0.15, 0.2) is 0 Å². The van der Waals surface area contributed by atoms with Gasteiger partial charge in [-0.3, -0.25) is 0 Å². The largest absolute Gasteiger partial charge is 0.338 e. The summed E-state index contributed by atoms with van der Waals surface area (Å²) in [6, 6.07) is 0.373. The molecular weight excluding hydrogens is 226 g/mol. The van der Waals surface area contributed by atoms with E-state index in [2.05, 4.69) is 31.4 Å². The van der Waals surface area contributed by atoms with Gasteiger partial charge in [-0.25, -0.2) is 4.79 Å². The number of rotatable bonds is 6. The molecule has 1 unspecified atom stereocenters. The second-order valence-corrected chi connectivity index (χ2v) is 5.54. The van der Waals surface area contributed by atoms with Crippen LogP contribution in [0, 0.1) is 5.92 Å². The summed E-state index contributed by atoms with van der Waals surface area (Å²) in [6.45, 7) is 10.2. The van der Waals surface area contributed by atoms with Crippen molar-refractivity contribution in [1.29, 1.82) is 0 Å². The van der Waals surface area contributed by atoms with E-state index in [1.165, 1.54) is 12.8 Å². The molecule has 0 aromatic heterocycles. The van der Waals surface area contributed by atoms with Crippen LogP contribution in [0.1, 0.15) is 46.5 Å². The summed E-state index contributed by atoms with van der Waals surface area (Å²) < 4.78 is 0. The third-order valence-corrected chi connectivity index (χ3v) is 3.54. The highest BCUT2D eigenvalue weighted by molar-refractivity contribution is 5.74. The maximum atomic E-state index is 12.1.